The number of piperidine rings is 1. The van der Waals surface area contributed by atoms with Gasteiger partial charge in [0.2, 0.25) is 0 Å². The Morgan fingerprint density at radius 3 is 2.39 bits per heavy atom. The van der Waals surface area contributed by atoms with E-state index in [2.05, 4.69) is 14.7 Å². The highest BCUT2D eigenvalue weighted by molar-refractivity contribution is 6.40. The van der Waals surface area contributed by atoms with Crippen LogP contribution in [0.3, 0.4) is 0 Å². The summed E-state index contributed by atoms with van der Waals surface area (Å²) in [6, 6.07) is 12.7. The van der Waals surface area contributed by atoms with Crippen molar-refractivity contribution < 1.29 is 33.3 Å². The number of methoxy groups -OCH3 is 1. The number of carboxylic acid groups (broad SMARTS) is 1. The summed E-state index contributed by atoms with van der Waals surface area (Å²) in [6.45, 7) is 4.43. The molecule has 49 heavy (non-hydrogen) atoms. The number of ether oxygens (including phenoxy) is 3. The number of rotatable bonds is 8. The van der Waals surface area contributed by atoms with Crippen molar-refractivity contribution in [2.45, 2.75) is 50.0 Å². The molecule has 6 aliphatic rings. The molecule has 4 unspecified atom stereocenters. The van der Waals surface area contributed by atoms with Gasteiger partial charge in [0.1, 0.15) is 11.6 Å². The SMILES string of the molecule is COCCN1C2CC1CN(c1cc(Cl)c(C(=O)N3COc4c(cccc4-c4cc(N5C6CCC5COC6)c(C(=O)O)cc4F)C3)c(Cl)c1)C2. The molecule has 0 spiro atoms. The van der Waals surface area contributed by atoms with Crippen LogP contribution in [0.1, 0.15) is 45.5 Å². The Morgan fingerprint density at radius 2 is 1.71 bits per heavy atom. The Morgan fingerprint density at radius 1 is 1.00 bits per heavy atom. The molecule has 0 saturated carbocycles. The lowest BCUT2D eigenvalue weighted by Crippen LogP contribution is -2.69. The smallest absolute Gasteiger partial charge is 0.337 e. The van der Waals surface area contributed by atoms with E-state index >= 15 is 4.39 Å². The topological polar surface area (TPSA) is 95.0 Å². The number of morpholine rings is 1. The van der Waals surface area contributed by atoms with E-state index in [4.69, 9.17) is 37.4 Å². The van der Waals surface area contributed by atoms with Gasteiger partial charge in [-0.2, -0.15) is 0 Å². The van der Waals surface area contributed by atoms with Gasteiger partial charge >= 0.3 is 5.97 Å². The van der Waals surface area contributed by atoms with Crippen molar-refractivity contribution in [2.75, 3.05) is 63.1 Å². The highest BCUT2D eigenvalue weighted by Crippen LogP contribution is 2.44. The minimum atomic E-state index is -1.19. The van der Waals surface area contributed by atoms with Gasteiger partial charge < -0.3 is 34.0 Å². The Kier molecular flexibility index (Phi) is 8.60. The van der Waals surface area contributed by atoms with E-state index in [0.29, 0.717) is 54.5 Å². The summed E-state index contributed by atoms with van der Waals surface area (Å²) in [6.07, 6.45) is 2.93. The number of aromatic carboxylic acids is 1. The molecule has 0 aromatic heterocycles. The molecule has 3 aromatic rings. The molecule has 13 heteroatoms. The van der Waals surface area contributed by atoms with Crippen LogP contribution < -0.4 is 14.5 Å². The monoisotopic (exact) mass is 710 g/mol. The van der Waals surface area contributed by atoms with Gasteiger partial charge in [-0.25, -0.2) is 9.18 Å². The average molecular weight is 712 g/mol. The zero-order valence-electron chi connectivity index (χ0n) is 27.0. The van der Waals surface area contributed by atoms with Gasteiger partial charge in [-0.1, -0.05) is 41.4 Å². The number of carboxylic acids is 1. The van der Waals surface area contributed by atoms with Crippen molar-refractivity contribution in [3.05, 3.63) is 75.0 Å². The molecule has 5 saturated heterocycles. The van der Waals surface area contributed by atoms with Gasteiger partial charge in [0.05, 0.1) is 65.3 Å². The molecule has 6 heterocycles. The van der Waals surface area contributed by atoms with Crippen LogP contribution in [0.4, 0.5) is 15.8 Å². The molecular formula is C36H37Cl2FN4O6. The minimum Gasteiger partial charge on any atom is -0.478 e. The van der Waals surface area contributed by atoms with Crippen LogP contribution >= 0.6 is 23.2 Å². The first-order valence-corrected chi connectivity index (χ1v) is 17.4. The Hall–Kier alpha value is -3.61. The zero-order valence-corrected chi connectivity index (χ0v) is 28.6. The molecule has 0 aliphatic carbocycles. The maximum absolute atomic E-state index is 15.7. The first-order chi connectivity index (χ1) is 23.7. The fraction of sp³-hybridized carbons (Fsp3) is 0.444. The van der Waals surface area contributed by atoms with E-state index in [1.807, 2.05) is 18.2 Å². The number of carbonyl (C=O) groups excluding carboxylic acids is 1. The number of hydrogen-bond donors (Lipinski definition) is 1. The van der Waals surface area contributed by atoms with Crippen LogP contribution in [0.2, 0.25) is 10.0 Å². The third kappa shape index (κ3) is 5.69. The van der Waals surface area contributed by atoms with Gasteiger partial charge in [0.15, 0.2) is 6.73 Å². The normalized spacial score (nSPS) is 24.4. The molecule has 4 atom stereocenters. The molecule has 6 aliphatic heterocycles. The first kappa shape index (κ1) is 32.6. The Labute approximate surface area is 293 Å². The summed E-state index contributed by atoms with van der Waals surface area (Å²) in [5, 5.41) is 10.5. The standard InChI is InChI=1S/C36H37Cl2FN4O6/c1-47-8-7-42-24-9-25(42)16-40(15-24)23-10-29(37)33(30(38)11-23)35(44)41-14-20-3-2-4-26(34(20)49-19-41)27-13-32(28(36(45)46)12-31(27)39)43-21-5-6-22(43)18-48-17-21/h2-4,10-13,21-22,24-25H,5-9,14-19H2,1H3,(H,45,46). The number of fused-ring (bicyclic) bond motifs is 5. The zero-order chi connectivity index (χ0) is 34.0. The molecule has 1 amide bonds. The number of halogens is 3. The molecule has 10 nitrogen and oxygen atoms in total. The molecule has 5 fully saturated rings. The lowest BCUT2D eigenvalue weighted by molar-refractivity contribution is -0.0175. The fourth-order valence-corrected chi connectivity index (χ4v) is 8.99. The second-order valence-corrected chi connectivity index (χ2v) is 14.3. The molecule has 0 radical (unpaired) electrons. The van der Waals surface area contributed by atoms with Gasteiger partial charge in [-0.3, -0.25) is 9.69 Å². The van der Waals surface area contributed by atoms with Crippen molar-refractivity contribution in [1.82, 2.24) is 9.80 Å². The third-order valence-corrected chi connectivity index (χ3v) is 11.3. The molecule has 258 valence electrons. The first-order valence-electron chi connectivity index (χ1n) is 16.7. The largest absolute Gasteiger partial charge is 0.478 e. The van der Waals surface area contributed by atoms with Crippen molar-refractivity contribution in [1.29, 1.82) is 0 Å². The van der Waals surface area contributed by atoms with Crippen LogP contribution in [-0.2, 0) is 16.0 Å². The number of hydrogen-bond acceptors (Lipinski definition) is 8. The quantitative estimate of drug-likeness (QED) is 0.313. The van der Waals surface area contributed by atoms with E-state index < -0.39 is 11.8 Å². The summed E-state index contributed by atoms with van der Waals surface area (Å²) < 4.78 is 32.9. The van der Waals surface area contributed by atoms with Crippen LogP contribution in [0.5, 0.6) is 5.75 Å². The van der Waals surface area contributed by atoms with Gasteiger partial charge in [-0.15, -0.1) is 0 Å². The third-order valence-electron chi connectivity index (χ3n) is 10.7. The van der Waals surface area contributed by atoms with Crippen LogP contribution in [-0.4, -0.2) is 104 Å². The van der Waals surface area contributed by atoms with Crippen molar-refractivity contribution >= 4 is 46.5 Å². The van der Waals surface area contributed by atoms with Crippen LogP contribution in [0.25, 0.3) is 11.1 Å². The van der Waals surface area contributed by atoms with E-state index in [9.17, 15) is 14.7 Å². The maximum atomic E-state index is 15.7. The van der Waals surface area contributed by atoms with Crippen molar-refractivity contribution in [3.63, 3.8) is 0 Å². The van der Waals surface area contributed by atoms with E-state index in [1.54, 1.807) is 25.3 Å². The maximum Gasteiger partial charge on any atom is 0.337 e. The molecule has 1 N–H and O–H groups in total. The number of anilines is 2. The Bertz CT molecular complexity index is 1780. The predicted molar refractivity (Wildman–Crippen MR) is 184 cm³/mol. The van der Waals surface area contributed by atoms with Gasteiger partial charge in [-0.05, 0) is 43.5 Å². The van der Waals surface area contributed by atoms with Crippen LogP contribution in [0, 0.1) is 5.82 Å². The summed E-state index contributed by atoms with van der Waals surface area (Å²) in [7, 11) is 1.72. The minimum absolute atomic E-state index is 0.0327. The summed E-state index contributed by atoms with van der Waals surface area (Å²) in [5.74, 6) is -1.77. The summed E-state index contributed by atoms with van der Waals surface area (Å²) >= 11 is 13.5. The number of carbonyl (C=O) groups is 2. The second kappa shape index (κ2) is 12.9. The van der Waals surface area contributed by atoms with Crippen molar-refractivity contribution in [2.24, 2.45) is 0 Å². The number of para-hydroxylation sites is 1. The van der Waals surface area contributed by atoms with E-state index in [-0.39, 0.29) is 58.0 Å². The lowest BCUT2D eigenvalue weighted by atomic mass is 9.87. The number of piperazine rings is 1. The van der Waals surface area contributed by atoms with Crippen molar-refractivity contribution in [3.8, 4) is 16.9 Å². The molecule has 3 aromatic carbocycles. The summed E-state index contributed by atoms with van der Waals surface area (Å²) in [4.78, 5) is 34.4. The second-order valence-electron chi connectivity index (χ2n) is 13.5. The number of benzene rings is 3. The predicted octanol–water partition coefficient (Wildman–Crippen LogP) is 5.77. The fourth-order valence-electron chi connectivity index (χ4n) is 8.36. The van der Waals surface area contributed by atoms with E-state index in [0.717, 1.165) is 50.7 Å². The molecular weight excluding hydrogens is 674 g/mol. The molecule has 9 rings (SSSR count). The van der Waals surface area contributed by atoms with E-state index in [1.165, 1.54) is 4.90 Å². The number of nitrogens with zero attached hydrogens (tertiary/aromatic N) is 4. The Balaban J connectivity index is 1.03. The average Bonchev–Trinajstić information content (AvgIpc) is 3.34. The highest BCUT2D eigenvalue weighted by atomic mass is 35.5. The number of amides is 1. The highest BCUT2D eigenvalue weighted by Gasteiger charge is 2.44. The van der Waals surface area contributed by atoms with Crippen LogP contribution in [0.15, 0.2) is 42.5 Å². The molecule has 4 bridgehead atoms. The summed E-state index contributed by atoms with van der Waals surface area (Å²) in [5.41, 5.74) is 2.90. The van der Waals surface area contributed by atoms with Gasteiger partial charge in [0.25, 0.3) is 5.91 Å². The lowest BCUT2D eigenvalue weighted by Gasteiger charge is -2.57. The van der Waals surface area contributed by atoms with Gasteiger partial charge in [0, 0.05) is 61.2 Å².